The first-order valence-electron chi connectivity index (χ1n) is 22.1. The van der Waals surface area contributed by atoms with Gasteiger partial charge >= 0.3 is 11.9 Å². The first kappa shape index (κ1) is 52.5. The van der Waals surface area contributed by atoms with E-state index in [0.29, 0.717) is 12.8 Å². The third-order valence-corrected chi connectivity index (χ3v) is 13.9. The number of nitrogens with one attached hydrogen (secondary N) is 1. The lowest BCUT2D eigenvalue weighted by atomic mass is 9.77. The van der Waals surface area contributed by atoms with Crippen LogP contribution in [-0.4, -0.2) is 144 Å². The van der Waals surface area contributed by atoms with E-state index in [1.165, 1.54) is 32.9 Å². The third-order valence-electron chi connectivity index (χ3n) is 12.9. The van der Waals surface area contributed by atoms with Crippen molar-refractivity contribution >= 4 is 35.5 Å². The van der Waals surface area contributed by atoms with Gasteiger partial charge in [-0.25, -0.2) is 0 Å². The summed E-state index contributed by atoms with van der Waals surface area (Å²) in [6, 6.07) is 2.59. The maximum absolute atomic E-state index is 14.4. The molecule has 356 valence electrons. The Bertz CT molecular complexity index is 1720. The average molecular weight is 908 g/mol. The Morgan fingerprint density at radius 2 is 1.62 bits per heavy atom. The molecule has 0 unspecified atom stereocenters. The molecule has 1 aromatic heterocycles. The second kappa shape index (κ2) is 22.8. The van der Waals surface area contributed by atoms with Crippen LogP contribution in [0.15, 0.2) is 41.1 Å². The number of nitrogens with zero attached hydrogens (tertiary/aromatic N) is 2. The number of ether oxygens (including phenoxy) is 8. The number of amides is 2. The normalized spacial score (nSPS) is 39.4. The molecule has 16 atom stereocenters. The number of carbonyl (C=O) groups is 4. The highest BCUT2D eigenvalue weighted by Crippen LogP contribution is 2.41. The highest BCUT2D eigenvalue weighted by Gasteiger charge is 2.53. The summed E-state index contributed by atoms with van der Waals surface area (Å²) >= 11 is 1.37. The van der Waals surface area contributed by atoms with Crippen LogP contribution in [0.5, 0.6) is 0 Å². The van der Waals surface area contributed by atoms with E-state index in [2.05, 4.69) is 10.3 Å². The molecule has 0 spiro atoms. The smallest absolute Gasteiger partial charge is 0.311 e. The molecule has 0 bridgehead atoms. The fourth-order valence-corrected chi connectivity index (χ4v) is 10.0. The molecule has 16 nitrogen and oxygen atoms in total. The van der Waals surface area contributed by atoms with Gasteiger partial charge in [-0.15, -0.1) is 11.8 Å². The standard InChI is InChI=1S/C46H73N3O13S/c1-15-35-25(2)20-27(4)48-42(53)26(3)22-45(10,55-13)40(62-44-38(52)34(21-28(5)57-44)49(12)36(51)24-63-33-16-18-47-19-17-33)29(6)39(30(7)43(54)60-35)61-37-23-46(11,56-14)41(31(8)58-37)59-32(9)50/h16-20,26-31,34-35,37-41,44,52H,15,21-24H2,1-14H3,(H,48,53)/b25-20+/t26-,27-,28-,29+,30-,31+,34+,35-,37+,38-,39+,40-,41+,44+,45-,46-/m1/s1. The van der Waals surface area contributed by atoms with Gasteiger partial charge in [0, 0.05) is 69.8 Å². The summed E-state index contributed by atoms with van der Waals surface area (Å²) in [4.78, 5) is 60.5. The van der Waals surface area contributed by atoms with E-state index in [1.54, 1.807) is 38.2 Å². The molecule has 2 saturated heterocycles. The van der Waals surface area contributed by atoms with E-state index in [1.807, 2.05) is 73.6 Å². The molecule has 0 saturated carbocycles. The third kappa shape index (κ3) is 13.2. The summed E-state index contributed by atoms with van der Waals surface area (Å²) in [6.07, 6.45) is -1.72. The molecule has 3 aliphatic rings. The number of carbonyl (C=O) groups excluding carboxylic acids is 4. The van der Waals surface area contributed by atoms with Gasteiger partial charge in [-0.3, -0.25) is 24.2 Å². The van der Waals surface area contributed by atoms with E-state index >= 15 is 0 Å². The topological polar surface area (TPSA) is 191 Å². The van der Waals surface area contributed by atoms with Crippen molar-refractivity contribution in [3.8, 4) is 0 Å². The predicted octanol–water partition coefficient (Wildman–Crippen LogP) is 5.23. The largest absolute Gasteiger partial charge is 0.458 e. The van der Waals surface area contributed by atoms with E-state index in [9.17, 15) is 24.3 Å². The van der Waals surface area contributed by atoms with Gasteiger partial charge in [-0.2, -0.15) is 0 Å². The van der Waals surface area contributed by atoms with Crippen LogP contribution in [0.25, 0.3) is 0 Å². The van der Waals surface area contributed by atoms with Crippen LogP contribution >= 0.6 is 11.8 Å². The molecule has 17 heteroatoms. The Kier molecular flexibility index (Phi) is 19.0. The maximum atomic E-state index is 14.4. The zero-order valence-electron chi connectivity index (χ0n) is 39.7. The van der Waals surface area contributed by atoms with Crippen molar-refractivity contribution in [2.75, 3.05) is 27.0 Å². The fourth-order valence-electron chi connectivity index (χ4n) is 9.19. The quantitative estimate of drug-likeness (QED) is 0.157. The Morgan fingerprint density at radius 1 is 0.984 bits per heavy atom. The zero-order chi connectivity index (χ0) is 47.0. The molecule has 0 aliphatic carbocycles. The molecule has 4 heterocycles. The number of methoxy groups -OCH3 is 2. The van der Waals surface area contributed by atoms with Gasteiger partial charge in [0.1, 0.15) is 17.8 Å². The second-order valence-electron chi connectivity index (χ2n) is 18.1. The number of likely N-dealkylation sites (N-methyl/N-ethyl adjacent to an activating group) is 1. The number of aliphatic hydroxyl groups excluding tert-OH is 1. The van der Waals surface area contributed by atoms with Gasteiger partial charge in [0.05, 0.1) is 47.7 Å². The number of aliphatic hydroxyl groups is 1. The van der Waals surface area contributed by atoms with Gasteiger partial charge < -0.3 is 53.2 Å². The molecular weight excluding hydrogens is 835 g/mol. The molecule has 2 fully saturated rings. The maximum Gasteiger partial charge on any atom is 0.311 e. The van der Waals surface area contributed by atoms with Crippen molar-refractivity contribution in [3.05, 3.63) is 36.2 Å². The van der Waals surface area contributed by atoms with Crippen LogP contribution < -0.4 is 5.32 Å². The van der Waals surface area contributed by atoms with Crippen LogP contribution in [-0.2, 0) is 57.1 Å². The van der Waals surface area contributed by atoms with E-state index in [4.69, 9.17) is 37.9 Å². The predicted molar refractivity (Wildman–Crippen MR) is 235 cm³/mol. The van der Waals surface area contributed by atoms with Crippen molar-refractivity contribution in [3.63, 3.8) is 0 Å². The molecule has 1 aromatic rings. The molecule has 63 heavy (non-hydrogen) atoms. The molecule has 0 aromatic carbocycles. The molecule has 2 N–H and O–H groups in total. The summed E-state index contributed by atoms with van der Waals surface area (Å²) in [5.74, 6) is -3.58. The summed E-state index contributed by atoms with van der Waals surface area (Å²) in [5.41, 5.74) is -1.52. The highest BCUT2D eigenvalue weighted by atomic mass is 32.2. The summed E-state index contributed by atoms with van der Waals surface area (Å²) < 4.78 is 50.8. The molecule has 2 amide bonds. The van der Waals surface area contributed by atoms with Crippen molar-refractivity contribution in [1.29, 1.82) is 0 Å². The number of thioether (sulfide) groups is 1. The van der Waals surface area contributed by atoms with Gasteiger partial charge in [-0.05, 0) is 85.4 Å². The molecule has 0 radical (unpaired) electrons. The first-order valence-corrected chi connectivity index (χ1v) is 23.1. The minimum absolute atomic E-state index is 0.127. The molecular formula is C46H73N3O13S. The van der Waals surface area contributed by atoms with Gasteiger partial charge in [-0.1, -0.05) is 26.8 Å². The van der Waals surface area contributed by atoms with Crippen LogP contribution in [0.3, 0.4) is 0 Å². The van der Waals surface area contributed by atoms with E-state index < -0.39 is 102 Å². The Balaban J connectivity index is 1.79. The highest BCUT2D eigenvalue weighted by molar-refractivity contribution is 8.00. The summed E-state index contributed by atoms with van der Waals surface area (Å²) in [7, 11) is 4.71. The average Bonchev–Trinajstić information content (AvgIpc) is 3.24. The molecule has 3 aliphatic heterocycles. The van der Waals surface area contributed by atoms with Crippen molar-refractivity contribution in [1.82, 2.24) is 15.2 Å². The van der Waals surface area contributed by atoms with Gasteiger partial charge in [0.15, 0.2) is 18.7 Å². The van der Waals surface area contributed by atoms with E-state index in [-0.39, 0.29) is 36.5 Å². The lowest BCUT2D eigenvalue weighted by Gasteiger charge is -2.50. The molecule has 4 rings (SSSR count). The Labute approximate surface area is 378 Å². The number of cyclic esters (lactones) is 1. The summed E-state index contributed by atoms with van der Waals surface area (Å²) in [6.45, 7) is 19.6. The minimum atomic E-state index is -1.31. The monoisotopic (exact) mass is 907 g/mol. The second-order valence-corrected chi connectivity index (χ2v) is 19.1. The Morgan fingerprint density at radius 3 is 2.22 bits per heavy atom. The van der Waals surface area contributed by atoms with Crippen LogP contribution in [0.4, 0.5) is 0 Å². The number of rotatable bonds is 12. The number of esters is 2. The van der Waals surface area contributed by atoms with Gasteiger partial charge in [0.2, 0.25) is 11.8 Å². The SMILES string of the molecule is CC[C@H]1OC(=O)[C@H](C)[C@@H](O[C@H]2C[C@@](C)(OC)[C@@H](OC(C)=O)[C@H](C)O2)[C@H](C)[C@@H](O[C@@H]2O[C@H](C)C[C@H](N(C)C(=O)CSc3ccncc3)[C@H]2O)[C@](C)(OC)C[C@@H](C)C(=O)N[C@H](C)/C=C/1C. The first-order chi connectivity index (χ1) is 29.6. The minimum Gasteiger partial charge on any atom is -0.458 e. The summed E-state index contributed by atoms with van der Waals surface area (Å²) in [5, 5.41) is 15.2. The van der Waals surface area contributed by atoms with Crippen LogP contribution in [0.2, 0.25) is 0 Å². The number of pyridine rings is 1. The van der Waals surface area contributed by atoms with Crippen molar-refractivity contribution in [2.45, 2.75) is 185 Å². The van der Waals surface area contributed by atoms with Crippen LogP contribution in [0, 0.1) is 17.8 Å². The van der Waals surface area contributed by atoms with Crippen molar-refractivity contribution in [2.24, 2.45) is 17.8 Å². The van der Waals surface area contributed by atoms with E-state index in [0.717, 1.165) is 10.5 Å². The Hall–Kier alpha value is -3.16. The number of hydrogen-bond donors (Lipinski definition) is 2. The van der Waals surface area contributed by atoms with Crippen LogP contribution in [0.1, 0.15) is 102 Å². The lowest BCUT2D eigenvalue weighted by molar-refractivity contribution is -0.319. The van der Waals surface area contributed by atoms with Gasteiger partial charge in [0.25, 0.3) is 0 Å². The number of hydrogen-bond acceptors (Lipinski definition) is 15. The lowest BCUT2D eigenvalue weighted by Crippen LogP contribution is -2.61. The van der Waals surface area contributed by atoms with Crippen molar-refractivity contribution < 1.29 is 62.2 Å². The number of aromatic nitrogens is 1. The fraction of sp³-hybridized carbons (Fsp3) is 0.761. The zero-order valence-corrected chi connectivity index (χ0v) is 40.5.